The van der Waals surface area contributed by atoms with Crippen LogP contribution in [0.15, 0.2) is 35.4 Å². The molecule has 0 unspecified atom stereocenters. The van der Waals surface area contributed by atoms with E-state index in [4.69, 9.17) is 0 Å². The lowest BCUT2D eigenvalue weighted by Crippen LogP contribution is -2.15. The molecule has 0 aliphatic heterocycles. The largest absolute Gasteiger partial charge is 0.310 e. The van der Waals surface area contributed by atoms with Crippen molar-refractivity contribution in [3.63, 3.8) is 0 Å². The van der Waals surface area contributed by atoms with Gasteiger partial charge in [0.25, 0.3) is 0 Å². The van der Waals surface area contributed by atoms with E-state index in [-0.39, 0.29) is 0 Å². The monoisotopic (exact) mass is 304 g/mol. The van der Waals surface area contributed by atoms with Crippen LogP contribution < -0.4 is 5.32 Å². The van der Waals surface area contributed by atoms with Gasteiger partial charge in [-0.15, -0.1) is 22.7 Å². The molecule has 4 heteroatoms. The molecular formula is C16H20N2S2. The minimum Gasteiger partial charge on any atom is -0.310 e. The number of rotatable bonds is 6. The molecule has 2 aromatic heterocycles. The molecule has 0 atom stereocenters. The highest BCUT2D eigenvalue weighted by molar-refractivity contribution is 7.21. The zero-order valence-corrected chi connectivity index (χ0v) is 13.2. The van der Waals surface area contributed by atoms with Gasteiger partial charge in [0, 0.05) is 17.6 Å². The Balaban J connectivity index is 1.43. The Hall–Kier alpha value is -0.970. The van der Waals surface area contributed by atoms with Crippen molar-refractivity contribution in [3.05, 3.63) is 40.4 Å². The first kappa shape index (κ1) is 14.0. The smallest absolute Gasteiger partial charge is 0.107 e. The molecule has 2 nitrogen and oxygen atoms in total. The molecule has 0 radical (unpaired) electrons. The van der Waals surface area contributed by atoms with E-state index in [2.05, 4.69) is 33.9 Å². The zero-order chi connectivity index (χ0) is 13.6. The van der Waals surface area contributed by atoms with Crippen molar-refractivity contribution in [3.8, 4) is 9.75 Å². The molecule has 0 fully saturated rings. The summed E-state index contributed by atoms with van der Waals surface area (Å²) in [6.45, 7) is 1.96. The molecular weight excluding hydrogens is 284 g/mol. The molecule has 1 aliphatic carbocycles. The van der Waals surface area contributed by atoms with Crippen LogP contribution in [-0.2, 0) is 6.54 Å². The maximum Gasteiger partial charge on any atom is 0.107 e. The third kappa shape index (κ3) is 3.78. The van der Waals surface area contributed by atoms with Crippen LogP contribution >= 0.6 is 22.7 Å². The third-order valence-electron chi connectivity index (χ3n) is 3.60. The van der Waals surface area contributed by atoms with E-state index in [1.807, 2.05) is 6.20 Å². The number of nitrogens with zero attached hydrogens (tertiary/aromatic N) is 1. The van der Waals surface area contributed by atoms with Crippen molar-refractivity contribution in [1.29, 1.82) is 0 Å². The Morgan fingerprint density at radius 2 is 2.25 bits per heavy atom. The fraction of sp³-hybridized carbons (Fsp3) is 0.438. The first-order valence-corrected chi connectivity index (χ1v) is 8.98. The summed E-state index contributed by atoms with van der Waals surface area (Å²) in [7, 11) is 0. The Kier molecular flexibility index (Phi) is 5.01. The normalized spacial score (nSPS) is 15.3. The van der Waals surface area contributed by atoms with E-state index in [0.29, 0.717) is 0 Å². The Morgan fingerprint density at radius 1 is 1.25 bits per heavy atom. The van der Waals surface area contributed by atoms with E-state index < -0.39 is 0 Å². The van der Waals surface area contributed by atoms with Crippen molar-refractivity contribution in [2.24, 2.45) is 0 Å². The van der Waals surface area contributed by atoms with Gasteiger partial charge in [0.1, 0.15) is 5.01 Å². The van der Waals surface area contributed by atoms with E-state index in [0.717, 1.165) is 13.1 Å². The van der Waals surface area contributed by atoms with Gasteiger partial charge in [0.15, 0.2) is 0 Å². The molecule has 1 N–H and O–H groups in total. The molecule has 0 amide bonds. The van der Waals surface area contributed by atoms with Crippen LogP contribution in [0.4, 0.5) is 0 Å². The van der Waals surface area contributed by atoms with Crippen LogP contribution in [0, 0.1) is 0 Å². The van der Waals surface area contributed by atoms with Crippen LogP contribution in [0.3, 0.4) is 0 Å². The molecule has 0 saturated carbocycles. The summed E-state index contributed by atoms with van der Waals surface area (Å²) in [6, 6.07) is 4.25. The molecule has 3 rings (SSSR count). The Morgan fingerprint density at radius 3 is 3.05 bits per heavy atom. The lowest BCUT2D eigenvalue weighted by Gasteiger charge is -2.12. The van der Waals surface area contributed by atoms with Gasteiger partial charge in [0.2, 0.25) is 0 Å². The molecule has 0 bridgehead atoms. The van der Waals surface area contributed by atoms with Gasteiger partial charge >= 0.3 is 0 Å². The minimum absolute atomic E-state index is 0.892. The predicted octanol–water partition coefficient (Wildman–Crippen LogP) is 4.85. The van der Waals surface area contributed by atoms with Gasteiger partial charge < -0.3 is 5.32 Å². The third-order valence-corrected chi connectivity index (χ3v) is 5.66. The second-order valence-corrected chi connectivity index (χ2v) is 7.19. The highest BCUT2D eigenvalue weighted by atomic mass is 32.1. The van der Waals surface area contributed by atoms with Crippen LogP contribution in [-0.4, -0.2) is 11.5 Å². The molecule has 2 aromatic rings. The van der Waals surface area contributed by atoms with E-state index >= 15 is 0 Å². The van der Waals surface area contributed by atoms with Crippen LogP contribution in [0.2, 0.25) is 0 Å². The van der Waals surface area contributed by atoms with Gasteiger partial charge in [-0.05, 0) is 50.1 Å². The first-order chi connectivity index (χ1) is 9.92. The summed E-state index contributed by atoms with van der Waals surface area (Å²) in [4.78, 5) is 7.11. The van der Waals surface area contributed by atoms with E-state index in [1.165, 1.54) is 46.9 Å². The van der Waals surface area contributed by atoms with Crippen molar-refractivity contribution >= 4 is 22.7 Å². The number of nitrogens with one attached hydrogen (secondary N) is 1. The van der Waals surface area contributed by atoms with E-state index in [1.54, 1.807) is 28.2 Å². The Labute approximate surface area is 128 Å². The van der Waals surface area contributed by atoms with Crippen LogP contribution in [0.25, 0.3) is 9.75 Å². The maximum absolute atomic E-state index is 4.50. The number of allylic oxidation sites excluding steroid dienone is 1. The van der Waals surface area contributed by atoms with Gasteiger partial charge in [-0.1, -0.05) is 17.7 Å². The average Bonchev–Trinajstić information content (AvgIpc) is 3.15. The summed E-state index contributed by atoms with van der Waals surface area (Å²) in [5.74, 6) is 0. The number of thiophene rings is 1. The second-order valence-electron chi connectivity index (χ2n) is 5.13. The number of aromatic nitrogens is 1. The molecule has 2 heterocycles. The fourth-order valence-electron chi connectivity index (χ4n) is 2.50. The summed E-state index contributed by atoms with van der Waals surface area (Å²) < 4.78 is 0. The minimum atomic E-state index is 0.892. The SMILES string of the molecule is C1=C(CCNCc2ncc(-c3cccs3)s2)CCCC1. The quantitative estimate of drug-likeness (QED) is 0.609. The lowest BCUT2D eigenvalue weighted by atomic mass is 9.97. The van der Waals surface area contributed by atoms with Gasteiger partial charge in [0.05, 0.1) is 4.88 Å². The summed E-state index contributed by atoms with van der Waals surface area (Å²) in [5, 5.41) is 6.82. The molecule has 0 aromatic carbocycles. The topological polar surface area (TPSA) is 24.9 Å². The van der Waals surface area contributed by atoms with Crippen molar-refractivity contribution in [2.75, 3.05) is 6.54 Å². The number of hydrogen-bond donors (Lipinski definition) is 1. The summed E-state index contributed by atoms with van der Waals surface area (Å²) in [6.07, 6.45) is 11.0. The predicted molar refractivity (Wildman–Crippen MR) is 88.3 cm³/mol. The Bertz CT molecular complexity index is 555. The van der Waals surface area contributed by atoms with Crippen LogP contribution in [0.1, 0.15) is 37.1 Å². The standard InChI is InChI=1S/C16H20N2S2/c1-2-5-13(6-3-1)8-9-17-12-16-18-11-15(20-16)14-7-4-10-19-14/h4-5,7,10-11,17H,1-3,6,8-9,12H2. The molecule has 0 saturated heterocycles. The number of thiazole rings is 1. The lowest BCUT2D eigenvalue weighted by molar-refractivity contribution is 0.631. The zero-order valence-electron chi connectivity index (χ0n) is 11.6. The number of hydrogen-bond acceptors (Lipinski definition) is 4. The maximum atomic E-state index is 4.50. The van der Waals surface area contributed by atoms with Crippen molar-refractivity contribution in [1.82, 2.24) is 10.3 Å². The van der Waals surface area contributed by atoms with Gasteiger partial charge in [-0.25, -0.2) is 4.98 Å². The highest BCUT2D eigenvalue weighted by Crippen LogP contribution is 2.29. The van der Waals surface area contributed by atoms with Crippen molar-refractivity contribution in [2.45, 2.75) is 38.6 Å². The van der Waals surface area contributed by atoms with Crippen LogP contribution in [0.5, 0.6) is 0 Å². The summed E-state index contributed by atoms with van der Waals surface area (Å²) >= 11 is 3.58. The molecule has 20 heavy (non-hydrogen) atoms. The summed E-state index contributed by atoms with van der Waals surface area (Å²) in [5.41, 5.74) is 1.64. The highest BCUT2D eigenvalue weighted by Gasteiger charge is 2.06. The molecule has 106 valence electrons. The van der Waals surface area contributed by atoms with Crippen molar-refractivity contribution < 1.29 is 0 Å². The molecule has 1 aliphatic rings. The second kappa shape index (κ2) is 7.16. The van der Waals surface area contributed by atoms with Gasteiger partial charge in [-0.3, -0.25) is 0 Å². The van der Waals surface area contributed by atoms with Gasteiger partial charge in [-0.2, -0.15) is 0 Å². The van der Waals surface area contributed by atoms with E-state index in [9.17, 15) is 0 Å². The fourth-order valence-corrected chi connectivity index (χ4v) is 4.21. The molecule has 0 spiro atoms. The first-order valence-electron chi connectivity index (χ1n) is 7.29. The average molecular weight is 304 g/mol.